The van der Waals surface area contributed by atoms with E-state index >= 15 is 0 Å². The number of aliphatic carboxylic acids is 1. The van der Waals surface area contributed by atoms with E-state index in [0.717, 1.165) is 5.56 Å². The number of aromatic nitrogens is 3. The highest BCUT2D eigenvalue weighted by Gasteiger charge is 2.15. The Balaban J connectivity index is 2.20. The molecular weight excluding hydrogens is 270 g/mol. The van der Waals surface area contributed by atoms with Crippen LogP contribution in [0.2, 0.25) is 0 Å². The van der Waals surface area contributed by atoms with Crippen molar-refractivity contribution in [3.05, 3.63) is 42.2 Å². The van der Waals surface area contributed by atoms with Crippen LogP contribution in [-0.4, -0.2) is 33.1 Å². The Hall–Kier alpha value is -2.89. The summed E-state index contributed by atoms with van der Waals surface area (Å²) in [4.78, 5) is 22.7. The molecule has 6 nitrogen and oxygen atoms in total. The molecule has 2 N–H and O–H groups in total. The van der Waals surface area contributed by atoms with Gasteiger partial charge in [0.2, 0.25) is 0 Å². The van der Waals surface area contributed by atoms with E-state index in [0.29, 0.717) is 28.2 Å². The van der Waals surface area contributed by atoms with Gasteiger partial charge in [-0.05, 0) is 23.8 Å². The van der Waals surface area contributed by atoms with Crippen molar-refractivity contribution in [1.29, 1.82) is 0 Å². The van der Waals surface area contributed by atoms with Crippen molar-refractivity contribution in [2.45, 2.75) is 6.42 Å². The third kappa shape index (κ3) is 2.43. The maximum Gasteiger partial charge on any atom is 0.307 e. The first kappa shape index (κ1) is 13.1. The van der Waals surface area contributed by atoms with Crippen LogP contribution < -0.4 is 4.74 Å². The summed E-state index contributed by atoms with van der Waals surface area (Å²) in [6, 6.07) is 7.17. The molecule has 0 radical (unpaired) electrons. The van der Waals surface area contributed by atoms with E-state index in [9.17, 15) is 4.79 Å². The second-order valence-electron chi connectivity index (χ2n) is 4.55. The lowest BCUT2D eigenvalue weighted by Gasteiger charge is -2.03. The standard InChI is InChI=1S/C15H13N3O3/c1-21-11-5-4-9(7-12(19)20)13-14(11)18-15(17-13)10-3-2-6-16-8-10/h2-6,8H,7H2,1H3,(H,17,18)(H,19,20). The molecule has 3 aromatic rings. The predicted molar refractivity (Wildman–Crippen MR) is 77.2 cm³/mol. The lowest BCUT2D eigenvalue weighted by atomic mass is 10.1. The Morgan fingerprint density at radius 2 is 2.24 bits per heavy atom. The molecule has 0 aliphatic heterocycles. The van der Waals surface area contributed by atoms with E-state index in [1.807, 2.05) is 12.1 Å². The number of benzene rings is 1. The number of carbonyl (C=O) groups is 1. The largest absolute Gasteiger partial charge is 0.494 e. The maximum atomic E-state index is 11.0. The fourth-order valence-electron chi connectivity index (χ4n) is 2.24. The highest BCUT2D eigenvalue weighted by atomic mass is 16.5. The highest BCUT2D eigenvalue weighted by Crippen LogP contribution is 2.29. The number of H-pyrrole nitrogens is 1. The molecule has 0 fully saturated rings. The zero-order valence-corrected chi connectivity index (χ0v) is 11.3. The quantitative estimate of drug-likeness (QED) is 0.766. The SMILES string of the molecule is COc1ccc(CC(=O)O)c2nc(-c3cccnc3)[nH]c12. The number of methoxy groups -OCH3 is 1. The molecule has 6 heteroatoms. The summed E-state index contributed by atoms with van der Waals surface area (Å²) in [6.45, 7) is 0. The predicted octanol–water partition coefficient (Wildman–Crippen LogP) is 2.26. The van der Waals surface area contributed by atoms with Gasteiger partial charge in [0.05, 0.1) is 19.0 Å². The molecule has 0 saturated heterocycles. The Labute approximate surface area is 120 Å². The lowest BCUT2D eigenvalue weighted by Crippen LogP contribution is -2.01. The number of carboxylic acid groups (broad SMARTS) is 1. The number of fused-ring (bicyclic) bond motifs is 1. The van der Waals surface area contributed by atoms with Crippen molar-refractivity contribution in [2.24, 2.45) is 0 Å². The Morgan fingerprint density at radius 3 is 2.90 bits per heavy atom. The third-order valence-corrected chi connectivity index (χ3v) is 3.19. The Bertz CT molecular complexity index is 797. The van der Waals surface area contributed by atoms with E-state index in [-0.39, 0.29) is 6.42 Å². The second kappa shape index (κ2) is 5.24. The number of pyridine rings is 1. The van der Waals surface area contributed by atoms with Crippen molar-refractivity contribution < 1.29 is 14.6 Å². The minimum absolute atomic E-state index is 0.0855. The fraction of sp³-hybridized carbons (Fsp3) is 0.133. The fourth-order valence-corrected chi connectivity index (χ4v) is 2.24. The molecule has 1 aromatic carbocycles. The van der Waals surface area contributed by atoms with Gasteiger partial charge in [0.25, 0.3) is 0 Å². The van der Waals surface area contributed by atoms with E-state index in [1.54, 1.807) is 31.6 Å². The van der Waals surface area contributed by atoms with Crippen LogP contribution in [0.3, 0.4) is 0 Å². The number of ether oxygens (including phenoxy) is 1. The summed E-state index contributed by atoms with van der Waals surface area (Å²) in [5, 5.41) is 9.00. The maximum absolute atomic E-state index is 11.0. The molecular formula is C15H13N3O3. The Morgan fingerprint density at radius 1 is 1.38 bits per heavy atom. The number of nitrogens with one attached hydrogen (secondary N) is 1. The van der Waals surface area contributed by atoms with Crippen molar-refractivity contribution in [3.63, 3.8) is 0 Å². The van der Waals surface area contributed by atoms with Crippen LogP contribution in [0.25, 0.3) is 22.4 Å². The molecule has 0 atom stereocenters. The first-order valence-electron chi connectivity index (χ1n) is 6.37. The van der Waals surface area contributed by atoms with Gasteiger partial charge in [0.1, 0.15) is 17.1 Å². The zero-order chi connectivity index (χ0) is 14.8. The van der Waals surface area contributed by atoms with Gasteiger partial charge in [-0.3, -0.25) is 9.78 Å². The summed E-state index contributed by atoms with van der Waals surface area (Å²) in [6.07, 6.45) is 3.29. The number of aromatic amines is 1. The molecule has 106 valence electrons. The van der Waals surface area contributed by atoms with Crippen LogP contribution in [-0.2, 0) is 11.2 Å². The van der Waals surface area contributed by atoms with Gasteiger partial charge in [-0.2, -0.15) is 0 Å². The van der Waals surface area contributed by atoms with Crippen molar-refractivity contribution >= 4 is 17.0 Å². The summed E-state index contributed by atoms with van der Waals surface area (Å²) >= 11 is 0. The normalized spacial score (nSPS) is 10.7. The molecule has 3 rings (SSSR count). The number of hydrogen-bond donors (Lipinski definition) is 2. The van der Waals surface area contributed by atoms with Crippen LogP contribution in [0.4, 0.5) is 0 Å². The molecule has 0 saturated carbocycles. The third-order valence-electron chi connectivity index (χ3n) is 3.19. The van der Waals surface area contributed by atoms with Crippen molar-refractivity contribution in [2.75, 3.05) is 7.11 Å². The molecule has 21 heavy (non-hydrogen) atoms. The highest BCUT2D eigenvalue weighted by molar-refractivity contribution is 5.90. The molecule has 0 bridgehead atoms. The second-order valence-corrected chi connectivity index (χ2v) is 4.55. The molecule has 0 aliphatic rings. The van der Waals surface area contributed by atoms with Gasteiger partial charge >= 0.3 is 5.97 Å². The molecule has 0 aliphatic carbocycles. The van der Waals surface area contributed by atoms with Gasteiger partial charge < -0.3 is 14.8 Å². The van der Waals surface area contributed by atoms with Gasteiger partial charge in [-0.25, -0.2) is 4.98 Å². The first-order valence-corrected chi connectivity index (χ1v) is 6.37. The van der Waals surface area contributed by atoms with E-state index in [4.69, 9.17) is 9.84 Å². The average Bonchev–Trinajstić information content (AvgIpc) is 2.94. The summed E-state index contributed by atoms with van der Waals surface area (Å²) in [7, 11) is 1.57. The van der Waals surface area contributed by atoms with Crippen LogP contribution >= 0.6 is 0 Å². The van der Waals surface area contributed by atoms with E-state index in [1.165, 1.54) is 0 Å². The molecule has 2 heterocycles. The number of nitrogens with zero attached hydrogens (tertiary/aromatic N) is 2. The molecule has 0 unspecified atom stereocenters. The van der Waals surface area contributed by atoms with Crippen LogP contribution in [0.1, 0.15) is 5.56 Å². The number of hydrogen-bond acceptors (Lipinski definition) is 4. The minimum atomic E-state index is -0.896. The molecule has 2 aromatic heterocycles. The summed E-state index contributed by atoms with van der Waals surface area (Å²) in [5.41, 5.74) is 2.77. The van der Waals surface area contributed by atoms with E-state index < -0.39 is 5.97 Å². The van der Waals surface area contributed by atoms with Gasteiger partial charge in [-0.15, -0.1) is 0 Å². The first-order chi connectivity index (χ1) is 10.2. The van der Waals surface area contributed by atoms with Gasteiger partial charge in [-0.1, -0.05) is 6.07 Å². The summed E-state index contributed by atoms with van der Waals surface area (Å²) in [5.74, 6) is 0.364. The molecule has 0 amide bonds. The number of carboxylic acids is 1. The van der Waals surface area contributed by atoms with Crippen molar-refractivity contribution in [3.8, 4) is 17.1 Å². The van der Waals surface area contributed by atoms with Gasteiger partial charge in [0, 0.05) is 18.0 Å². The van der Waals surface area contributed by atoms with Gasteiger partial charge in [0.15, 0.2) is 0 Å². The van der Waals surface area contributed by atoms with Crippen LogP contribution in [0, 0.1) is 0 Å². The molecule has 0 spiro atoms. The number of imidazole rings is 1. The monoisotopic (exact) mass is 283 g/mol. The number of rotatable bonds is 4. The topological polar surface area (TPSA) is 88.1 Å². The van der Waals surface area contributed by atoms with E-state index in [2.05, 4.69) is 15.0 Å². The average molecular weight is 283 g/mol. The van der Waals surface area contributed by atoms with Crippen molar-refractivity contribution in [1.82, 2.24) is 15.0 Å². The summed E-state index contributed by atoms with van der Waals surface area (Å²) < 4.78 is 5.30. The zero-order valence-electron chi connectivity index (χ0n) is 11.3. The minimum Gasteiger partial charge on any atom is -0.494 e. The van der Waals surface area contributed by atoms with Crippen LogP contribution in [0.5, 0.6) is 5.75 Å². The smallest absolute Gasteiger partial charge is 0.307 e. The lowest BCUT2D eigenvalue weighted by molar-refractivity contribution is -0.136. The Kier molecular flexibility index (Phi) is 3.27. The van der Waals surface area contributed by atoms with Crippen LogP contribution in [0.15, 0.2) is 36.7 Å².